The van der Waals surface area contributed by atoms with Gasteiger partial charge in [0, 0.05) is 19.3 Å². The minimum Gasteiger partial charge on any atom is -0.387 e. The van der Waals surface area contributed by atoms with E-state index in [9.17, 15) is 9.90 Å². The van der Waals surface area contributed by atoms with Gasteiger partial charge < -0.3 is 10.0 Å². The molecule has 1 amide bonds. The van der Waals surface area contributed by atoms with Crippen LogP contribution in [0.15, 0.2) is 48.7 Å². The van der Waals surface area contributed by atoms with Gasteiger partial charge in [-0.1, -0.05) is 30.3 Å². The first-order valence-electron chi connectivity index (χ1n) is 7.75. The van der Waals surface area contributed by atoms with Gasteiger partial charge in [0.15, 0.2) is 0 Å². The molecule has 23 heavy (non-hydrogen) atoms. The average molecular weight is 311 g/mol. The summed E-state index contributed by atoms with van der Waals surface area (Å²) in [5.74, 6) is 0.0250. The summed E-state index contributed by atoms with van der Waals surface area (Å²) in [5, 5.41) is 10.2. The molecular formula is C18H21N3O2. The molecule has 3 rings (SSSR count). The van der Waals surface area contributed by atoms with Crippen LogP contribution in [0.3, 0.4) is 0 Å². The molecule has 0 fully saturated rings. The number of β-amino-alcohol motifs (C(OH)–C–C–N with tert-alkyl or cyclic N) is 1. The molecule has 0 bridgehead atoms. The van der Waals surface area contributed by atoms with Gasteiger partial charge in [0.2, 0.25) is 5.91 Å². The predicted octanol–water partition coefficient (Wildman–Crippen LogP) is 1.59. The normalized spacial score (nSPS) is 17.2. The van der Waals surface area contributed by atoms with E-state index in [1.807, 2.05) is 54.4 Å². The van der Waals surface area contributed by atoms with E-state index in [1.54, 1.807) is 11.1 Å². The zero-order valence-electron chi connectivity index (χ0n) is 13.2. The molecule has 2 aromatic rings. The van der Waals surface area contributed by atoms with Crippen molar-refractivity contribution in [2.45, 2.75) is 19.2 Å². The predicted molar refractivity (Wildman–Crippen MR) is 87.4 cm³/mol. The van der Waals surface area contributed by atoms with E-state index in [0.29, 0.717) is 26.2 Å². The van der Waals surface area contributed by atoms with E-state index in [4.69, 9.17) is 0 Å². The quantitative estimate of drug-likeness (QED) is 0.931. The van der Waals surface area contributed by atoms with Crippen molar-refractivity contribution in [1.29, 1.82) is 0 Å². The largest absolute Gasteiger partial charge is 0.387 e. The van der Waals surface area contributed by atoms with Gasteiger partial charge in [-0.15, -0.1) is 0 Å². The number of nitrogens with zero attached hydrogens (tertiary/aromatic N) is 3. The Morgan fingerprint density at radius 2 is 2.09 bits per heavy atom. The van der Waals surface area contributed by atoms with Crippen molar-refractivity contribution >= 4 is 5.91 Å². The molecule has 5 heteroatoms. The van der Waals surface area contributed by atoms with Gasteiger partial charge in [0.25, 0.3) is 0 Å². The van der Waals surface area contributed by atoms with E-state index >= 15 is 0 Å². The number of carbonyl (C=O) groups excluding carboxylic acids is 1. The summed E-state index contributed by atoms with van der Waals surface area (Å²) in [6.07, 6.45) is 1.15. The van der Waals surface area contributed by atoms with Crippen LogP contribution in [-0.2, 0) is 17.9 Å². The van der Waals surface area contributed by atoms with Crippen molar-refractivity contribution < 1.29 is 9.90 Å². The standard InChI is InChI=1S/C18H21N3O2/c1-20(11-15-7-4-5-9-19-15)13-18(23)21-10-14-6-2-3-8-16(14)17(22)12-21/h2-9,17,22H,10-13H2,1H3. The van der Waals surface area contributed by atoms with Crippen molar-refractivity contribution in [1.82, 2.24) is 14.8 Å². The van der Waals surface area contributed by atoms with Gasteiger partial charge in [0.1, 0.15) is 0 Å². The summed E-state index contributed by atoms with van der Waals surface area (Å²) < 4.78 is 0. The number of hydrogen-bond acceptors (Lipinski definition) is 4. The summed E-state index contributed by atoms with van der Waals surface area (Å²) in [5.41, 5.74) is 2.89. The molecular weight excluding hydrogens is 290 g/mol. The van der Waals surface area contributed by atoms with Crippen molar-refractivity contribution in [3.63, 3.8) is 0 Å². The molecule has 1 unspecified atom stereocenters. The second-order valence-corrected chi connectivity index (χ2v) is 5.98. The SMILES string of the molecule is CN(CC(=O)N1Cc2ccccc2C(O)C1)Cc1ccccn1. The number of aliphatic hydroxyl groups is 1. The van der Waals surface area contributed by atoms with Crippen LogP contribution in [0.5, 0.6) is 0 Å². The summed E-state index contributed by atoms with van der Waals surface area (Å²) in [6.45, 7) is 1.85. The molecule has 1 N–H and O–H groups in total. The first kappa shape index (κ1) is 15.6. The minimum atomic E-state index is -0.606. The van der Waals surface area contributed by atoms with Crippen LogP contribution in [0.25, 0.3) is 0 Å². The van der Waals surface area contributed by atoms with Crippen molar-refractivity contribution in [3.05, 3.63) is 65.5 Å². The van der Waals surface area contributed by atoms with Crippen LogP contribution in [-0.4, -0.2) is 45.9 Å². The van der Waals surface area contributed by atoms with Crippen LogP contribution in [0.4, 0.5) is 0 Å². The molecule has 0 radical (unpaired) electrons. The zero-order valence-corrected chi connectivity index (χ0v) is 13.2. The van der Waals surface area contributed by atoms with E-state index in [-0.39, 0.29) is 5.91 Å². The Balaban J connectivity index is 1.61. The van der Waals surface area contributed by atoms with Crippen LogP contribution < -0.4 is 0 Å². The first-order chi connectivity index (χ1) is 11.1. The Bertz CT molecular complexity index is 675. The first-order valence-corrected chi connectivity index (χ1v) is 7.75. The molecule has 0 spiro atoms. The number of pyridine rings is 1. The molecule has 1 atom stereocenters. The molecule has 1 aliphatic rings. The van der Waals surface area contributed by atoms with Gasteiger partial charge in [-0.2, -0.15) is 0 Å². The van der Waals surface area contributed by atoms with Crippen molar-refractivity contribution in [2.24, 2.45) is 0 Å². The third-order valence-corrected chi connectivity index (χ3v) is 4.08. The van der Waals surface area contributed by atoms with Crippen molar-refractivity contribution in [3.8, 4) is 0 Å². The van der Waals surface area contributed by atoms with E-state index < -0.39 is 6.10 Å². The molecule has 0 saturated carbocycles. The Labute approximate surface area is 136 Å². The number of likely N-dealkylation sites (N-methyl/N-ethyl adjacent to an activating group) is 1. The molecule has 1 aromatic heterocycles. The Hall–Kier alpha value is -2.24. The summed E-state index contributed by atoms with van der Waals surface area (Å²) >= 11 is 0. The second kappa shape index (κ2) is 6.89. The highest BCUT2D eigenvalue weighted by Gasteiger charge is 2.26. The lowest BCUT2D eigenvalue weighted by atomic mass is 9.97. The maximum absolute atomic E-state index is 12.5. The van der Waals surface area contributed by atoms with Crippen LogP contribution in [0.2, 0.25) is 0 Å². The highest BCUT2D eigenvalue weighted by atomic mass is 16.3. The number of aliphatic hydroxyl groups excluding tert-OH is 1. The van der Waals surface area contributed by atoms with Gasteiger partial charge in [0.05, 0.1) is 24.9 Å². The second-order valence-electron chi connectivity index (χ2n) is 5.98. The maximum atomic E-state index is 12.5. The van der Waals surface area contributed by atoms with Gasteiger partial charge in [-0.3, -0.25) is 14.7 Å². The highest BCUT2D eigenvalue weighted by molar-refractivity contribution is 5.78. The Morgan fingerprint density at radius 3 is 2.87 bits per heavy atom. The Kier molecular flexibility index (Phi) is 4.69. The van der Waals surface area contributed by atoms with E-state index in [0.717, 1.165) is 16.8 Å². The summed E-state index contributed by atoms with van der Waals surface area (Å²) in [4.78, 5) is 20.4. The fourth-order valence-electron chi connectivity index (χ4n) is 2.93. The minimum absolute atomic E-state index is 0.0250. The van der Waals surface area contributed by atoms with Gasteiger partial charge >= 0.3 is 0 Å². The third-order valence-electron chi connectivity index (χ3n) is 4.08. The fraction of sp³-hybridized carbons (Fsp3) is 0.333. The number of aromatic nitrogens is 1. The average Bonchev–Trinajstić information content (AvgIpc) is 2.55. The van der Waals surface area contributed by atoms with Gasteiger partial charge in [-0.25, -0.2) is 0 Å². The molecule has 2 heterocycles. The van der Waals surface area contributed by atoms with Crippen molar-refractivity contribution in [2.75, 3.05) is 20.1 Å². The number of amides is 1. The Morgan fingerprint density at radius 1 is 1.30 bits per heavy atom. The zero-order chi connectivity index (χ0) is 16.2. The molecule has 1 aromatic carbocycles. The van der Waals surface area contributed by atoms with Crippen LogP contribution in [0, 0.1) is 0 Å². The molecule has 120 valence electrons. The molecule has 0 aliphatic carbocycles. The smallest absolute Gasteiger partial charge is 0.237 e. The summed E-state index contributed by atoms with van der Waals surface area (Å²) in [7, 11) is 1.90. The van der Waals surface area contributed by atoms with Crippen LogP contribution >= 0.6 is 0 Å². The molecule has 0 saturated heterocycles. The van der Waals surface area contributed by atoms with Gasteiger partial charge in [-0.05, 0) is 30.3 Å². The maximum Gasteiger partial charge on any atom is 0.237 e. The number of rotatable bonds is 4. The third kappa shape index (κ3) is 3.75. The topological polar surface area (TPSA) is 56.7 Å². The number of benzene rings is 1. The van der Waals surface area contributed by atoms with E-state index in [2.05, 4.69) is 4.98 Å². The number of hydrogen-bond donors (Lipinski definition) is 1. The highest BCUT2D eigenvalue weighted by Crippen LogP contribution is 2.26. The lowest BCUT2D eigenvalue weighted by Gasteiger charge is -2.33. The lowest BCUT2D eigenvalue weighted by Crippen LogP contribution is -2.43. The lowest BCUT2D eigenvalue weighted by molar-refractivity contribution is -0.135. The number of fused-ring (bicyclic) bond motifs is 1. The molecule has 1 aliphatic heterocycles. The monoisotopic (exact) mass is 311 g/mol. The number of carbonyl (C=O) groups is 1. The van der Waals surface area contributed by atoms with Crippen LogP contribution in [0.1, 0.15) is 22.9 Å². The van der Waals surface area contributed by atoms with E-state index in [1.165, 1.54) is 0 Å². The molecule has 5 nitrogen and oxygen atoms in total. The fourth-order valence-corrected chi connectivity index (χ4v) is 2.93. The summed E-state index contributed by atoms with van der Waals surface area (Å²) in [6, 6.07) is 13.5.